The number of thioether (sulfide) groups is 1. The maximum Gasteiger partial charge on any atom is 0.332 e. The van der Waals surface area contributed by atoms with Crippen LogP contribution in [0.1, 0.15) is 49.8 Å². The van der Waals surface area contributed by atoms with Crippen LogP contribution < -0.4 is 16.1 Å². The highest BCUT2D eigenvalue weighted by atomic mass is 32.2. The molecule has 1 aliphatic heterocycles. The normalized spacial score (nSPS) is 14.3. The lowest BCUT2D eigenvalue weighted by molar-refractivity contribution is -0.117. The van der Waals surface area contributed by atoms with Crippen molar-refractivity contribution in [3.63, 3.8) is 0 Å². The molecule has 10 heteroatoms. The van der Waals surface area contributed by atoms with E-state index in [2.05, 4.69) is 9.97 Å². The molecule has 1 saturated heterocycles. The minimum Gasteiger partial charge on any atom is -0.312 e. The lowest BCUT2D eigenvalue weighted by Crippen LogP contribution is -2.38. The van der Waals surface area contributed by atoms with Crippen LogP contribution >= 0.6 is 11.8 Å². The van der Waals surface area contributed by atoms with E-state index >= 15 is 0 Å². The smallest absolute Gasteiger partial charge is 0.312 e. The van der Waals surface area contributed by atoms with Crippen molar-refractivity contribution in [2.75, 3.05) is 17.2 Å². The van der Waals surface area contributed by atoms with E-state index in [1.54, 1.807) is 30.1 Å². The van der Waals surface area contributed by atoms with Crippen LogP contribution in [0.4, 0.5) is 5.69 Å². The van der Waals surface area contributed by atoms with Gasteiger partial charge in [0, 0.05) is 43.7 Å². The first-order valence-corrected chi connectivity index (χ1v) is 12.0. The Balaban J connectivity index is 1.71. The number of anilines is 1. The summed E-state index contributed by atoms with van der Waals surface area (Å²) < 4.78 is 2.35. The highest BCUT2D eigenvalue weighted by molar-refractivity contribution is 8.00. The van der Waals surface area contributed by atoms with E-state index in [9.17, 15) is 19.2 Å². The molecule has 1 aliphatic rings. The quantitative estimate of drug-likeness (QED) is 0.313. The minimum absolute atomic E-state index is 0.0408. The molecule has 2 aromatic heterocycles. The Labute approximate surface area is 200 Å². The highest BCUT2D eigenvalue weighted by Crippen LogP contribution is 2.28. The monoisotopic (exact) mass is 481 g/mol. The molecular formula is C24H27N5O4S. The van der Waals surface area contributed by atoms with Gasteiger partial charge in [-0.05, 0) is 18.6 Å². The van der Waals surface area contributed by atoms with E-state index in [1.807, 2.05) is 26.8 Å². The Bertz CT molecular complexity index is 1430. The second-order valence-corrected chi connectivity index (χ2v) is 10.4. The molecular weight excluding hydrogens is 454 g/mol. The number of ketones is 1. The number of benzene rings is 1. The van der Waals surface area contributed by atoms with Crippen LogP contribution in [0.3, 0.4) is 0 Å². The molecule has 0 saturated carbocycles. The molecule has 0 atom stereocenters. The zero-order chi connectivity index (χ0) is 24.8. The number of rotatable bonds is 5. The first-order valence-electron chi connectivity index (χ1n) is 11.0. The molecule has 1 fully saturated rings. The first kappa shape index (κ1) is 23.9. The number of hydrogen-bond donors (Lipinski definition) is 0. The largest absolute Gasteiger partial charge is 0.332 e. The maximum atomic E-state index is 13.1. The van der Waals surface area contributed by atoms with Crippen LogP contribution in [-0.2, 0) is 24.3 Å². The average Bonchev–Trinajstić information content (AvgIpc) is 3.24. The number of fused-ring (bicyclic) bond motifs is 1. The summed E-state index contributed by atoms with van der Waals surface area (Å²) in [5, 5.41) is 0.581. The molecule has 178 valence electrons. The van der Waals surface area contributed by atoms with Gasteiger partial charge in [0.25, 0.3) is 5.56 Å². The third-order valence-electron chi connectivity index (χ3n) is 5.83. The van der Waals surface area contributed by atoms with Crippen molar-refractivity contribution >= 4 is 40.2 Å². The lowest BCUT2D eigenvalue weighted by Gasteiger charge is -2.19. The van der Waals surface area contributed by atoms with Gasteiger partial charge in [0.15, 0.2) is 11.4 Å². The molecule has 0 radical (unpaired) electrons. The van der Waals surface area contributed by atoms with Crippen LogP contribution in [0.15, 0.2) is 38.9 Å². The number of aryl methyl sites for hydroxylation is 1. The van der Waals surface area contributed by atoms with Crippen LogP contribution in [0.2, 0.25) is 0 Å². The maximum absolute atomic E-state index is 13.1. The second kappa shape index (κ2) is 8.83. The molecule has 3 aromatic rings. The number of amides is 1. The van der Waals surface area contributed by atoms with Gasteiger partial charge in [-0.25, -0.2) is 14.8 Å². The van der Waals surface area contributed by atoms with Crippen molar-refractivity contribution in [3.05, 3.63) is 56.5 Å². The van der Waals surface area contributed by atoms with Gasteiger partial charge < -0.3 is 4.90 Å². The predicted molar refractivity (Wildman–Crippen MR) is 132 cm³/mol. The molecule has 4 rings (SSSR count). The number of carbonyl (C=O) groups excluding carboxylic acids is 2. The predicted octanol–water partition coefficient (Wildman–Crippen LogP) is 2.43. The number of aromatic nitrogens is 4. The van der Waals surface area contributed by atoms with Gasteiger partial charge in [-0.15, -0.1) is 0 Å². The number of carbonyl (C=O) groups is 2. The Morgan fingerprint density at radius 3 is 2.47 bits per heavy atom. The molecule has 1 aromatic carbocycles. The van der Waals surface area contributed by atoms with Crippen molar-refractivity contribution in [2.24, 2.45) is 14.1 Å². The summed E-state index contributed by atoms with van der Waals surface area (Å²) in [6.45, 7) is 6.48. The summed E-state index contributed by atoms with van der Waals surface area (Å²) in [7, 11) is 2.97. The molecule has 9 nitrogen and oxygen atoms in total. The zero-order valence-electron chi connectivity index (χ0n) is 19.9. The topological polar surface area (TPSA) is 107 Å². The molecule has 0 bridgehead atoms. The summed E-state index contributed by atoms with van der Waals surface area (Å²) >= 11 is 1.15. The summed E-state index contributed by atoms with van der Waals surface area (Å²) in [5.74, 6) is 0.429. The van der Waals surface area contributed by atoms with Crippen LogP contribution in [0.25, 0.3) is 11.0 Å². The van der Waals surface area contributed by atoms with Crippen molar-refractivity contribution in [1.82, 2.24) is 19.1 Å². The third kappa shape index (κ3) is 4.29. The van der Waals surface area contributed by atoms with Crippen molar-refractivity contribution < 1.29 is 9.59 Å². The standard InChI is InChI=1S/C24H27N5O4S/c1-24(2,3)22-25-19-18(21(32)28(5)23(33)27(19)4)20(26-22)34-13-16(30)14-8-6-9-15(12-14)29-11-7-10-17(29)31/h6,8-9,12H,7,10-11,13H2,1-5H3. The Morgan fingerprint density at radius 1 is 1.09 bits per heavy atom. The number of Topliss-reactive ketones (excluding diaryl/α,β-unsaturated/α-hetero) is 1. The SMILES string of the molecule is Cn1c(=O)c2c(SCC(=O)c3cccc(N4CCCC4=O)c3)nc(C(C)(C)C)nc2n(C)c1=O. The van der Waals surface area contributed by atoms with Crippen LogP contribution in [0.5, 0.6) is 0 Å². The lowest BCUT2D eigenvalue weighted by atomic mass is 9.96. The van der Waals surface area contributed by atoms with Gasteiger partial charge in [-0.1, -0.05) is 44.7 Å². The average molecular weight is 482 g/mol. The molecule has 34 heavy (non-hydrogen) atoms. The molecule has 0 spiro atoms. The summed E-state index contributed by atoms with van der Waals surface area (Å²) in [6.07, 6.45) is 1.32. The van der Waals surface area contributed by atoms with Gasteiger partial charge in [-0.3, -0.25) is 23.5 Å². The first-order chi connectivity index (χ1) is 16.0. The fourth-order valence-electron chi connectivity index (χ4n) is 3.85. The fourth-order valence-corrected chi connectivity index (χ4v) is 4.76. The van der Waals surface area contributed by atoms with E-state index in [1.165, 1.54) is 11.6 Å². The van der Waals surface area contributed by atoms with Crippen molar-refractivity contribution in [3.8, 4) is 0 Å². The summed E-state index contributed by atoms with van der Waals surface area (Å²) in [5.41, 5.74) is 0.0439. The van der Waals surface area contributed by atoms with Gasteiger partial charge in [-0.2, -0.15) is 0 Å². The Hall–Kier alpha value is -3.27. The highest BCUT2D eigenvalue weighted by Gasteiger charge is 2.25. The van der Waals surface area contributed by atoms with E-state index in [0.717, 1.165) is 22.7 Å². The van der Waals surface area contributed by atoms with E-state index < -0.39 is 16.7 Å². The second-order valence-electron chi connectivity index (χ2n) is 9.42. The zero-order valence-corrected chi connectivity index (χ0v) is 20.7. The van der Waals surface area contributed by atoms with E-state index in [0.29, 0.717) is 35.1 Å². The van der Waals surface area contributed by atoms with Gasteiger partial charge in [0.2, 0.25) is 5.91 Å². The molecule has 3 heterocycles. The van der Waals surface area contributed by atoms with Gasteiger partial charge in [0.1, 0.15) is 16.2 Å². The summed E-state index contributed by atoms with van der Waals surface area (Å²) in [4.78, 5) is 61.4. The summed E-state index contributed by atoms with van der Waals surface area (Å²) in [6, 6.07) is 7.04. The Kier molecular flexibility index (Phi) is 6.20. The van der Waals surface area contributed by atoms with Crippen molar-refractivity contribution in [2.45, 2.75) is 44.1 Å². The van der Waals surface area contributed by atoms with Crippen LogP contribution in [0, 0.1) is 0 Å². The minimum atomic E-state index is -0.497. The number of hydrogen-bond acceptors (Lipinski definition) is 7. The number of nitrogens with zero attached hydrogens (tertiary/aromatic N) is 5. The van der Waals surface area contributed by atoms with Gasteiger partial charge >= 0.3 is 5.69 Å². The molecule has 0 N–H and O–H groups in total. The molecule has 0 unspecified atom stereocenters. The molecule has 0 aliphatic carbocycles. The van der Waals surface area contributed by atoms with E-state index in [-0.39, 0.29) is 28.5 Å². The van der Waals surface area contributed by atoms with E-state index in [4.69, 9.17) is 0 Å². The van der Waals surface area contributed by atoms with Crippen molar-refractivity contribution in [1.29, 1.82) is 0 Å². The Morgan fingerprint density at radius 2 is 1.82 bits per heavy atom. The van der Waals surface area contributed by atoms with Crippen LogP contribution in [-0.4, -0.2) is 43.1 Å². The van der Waals surface area contributed by atoms with Gasteiger partial charge in [0.05, 0.1) is 5.75 Å². The fraction of sp³-hybridized carbons (Fsp3) is 0.417. The molecule has 1 amide bonds. The third-order valence-corrected chi connectivity index (χ3v) is 6.81.